The third-order valence-corrected chi connectivity index (χ3v) is 6.34. The zero-order valence-corrected chi connectivity index (χ0v) is 14.0. The van der Waals surface area contributed by atoms with E-state index in [0.717, 1.165) is 6.54 Å². The van der Waals surface area contributed by atoms with Gasteiger partial charge >= 0.3 is 0 Å². The first-order chi connectivity index (χ1) is 10.9. The number of benzene rings is 2. The Balaban J connectivity index is 1.77. The van der Waals surface area contributed by atoms with Gasteiger partial charge in [-0.05, 0) is 36.3 Å². The number of hydrogen-bond acceptors (Lipinski definition) is 1. The summed E-state index contributed by atoms with van der Waals surface area (Å²) in [4.78, 5) is 2.49. The fraction of sp³-hybridized carbons (Fsp3) is 0.300. The van der Waals surface area contributed by atoms with E-state index < -0.39 is 8.80 Å². The van der Waals surface area contributed by atoms with E-state index in [2.05, 4.69) is 77.0 Å². The first kappa shape index (κ1) is 15.1. The Kier molecular flexibility index (Phi) is 5.47. The van der Waals surface area contributed by atoms with Crippen molar-refractivity contribution in [1.82, 2.24) is 4.90 Å². The van der Waals surface area contributed by atoms with Crippen molar-refractivity contribution in [2.75, 3.05) is 19.6 Å². The molecule has 2 heteroatoms. The summed E-state index contributed by atoms with van der Waals surface area (Å²) in [6, 6.07) is 21.5. The standard InChI is InChI=1S/C20H22NSi/c1-4-11-19(12-5-1)22(20-13-6-2-7-14-20)18-10-17-21-15-8-3-9-16-21/h1-2,4-7,11-14H,3,8-9,15-17H2. The highest BCUT2D eigenvalue weighted by atomic mass is 28.3. The predicted octanol–water partition coefficient (Wildman–Crippen LogP) is 2.32. The fourth-order valence-corrected chi connectivity index (χ4v) is 4.81. The molecule has 1 saturated heterocycles. The van der Waals surface area contributed by atoms with Gasteiger partial charge in [0.15, 0.2) is 0 Å². The van der Waals surface area contributed by atoms with Gasteiger partial charge in [0, 0.05) is 0 Å². The molecule has 1 heterocycles. The molecule has 0 amide bonds. The molecule has 3 rings (SSSR count). The summed E-state index contributed by atoms with van der Waals surface area (Å²) < 4.78 is 0. The monoisotopic (exact) mass is 304 g/mol. The molecule has 0 aromatic heterocycles. The van der Waals surface area contributed by atoms with Gasteiger partial charge in [-0.25, -0.2) is 0 Å². The molecule has 0 saturated carbocycles. The SMILES string of the molecule is C(#C[Si](c1ccccc1)c1ccccc1)CN1CCCCC1. The number of rotatable bonds is 3. The summed E-state index contributed by atoms with van der Waals surface area (Å²) in [5, 5.41) is 2.76. The summed E-state index contributed by atoms with van der Waals surface area (Å²) in [6.07, 6.45) is 4.04. The maximum Gasteiger partial charge on any atom is 0.213 e. The highest BCUT2D eigenvalue weighted by Gasteiger charge is 2.14. The van der Waals surface area contributed by atoms with Crippen LogP contribution in [0.1, 0.15) is 19.3 Å². The van der Waals surface area contributed by atoms with Crippen molar-refractivity contribution in [1.29, 1.82) is 0 Å². The normalized spacial score (nSPS) is 15.3. The number of hydrogen-bond donors (Lipinski definition) is 0. The van der Waals surface area contributed by atoms with Gasteiger partial charge < -0.3 is 0 Å². The minimum absolute atomic E-state index is 0.924. The van der Waals surface area contributed by atoms with Crippen LogP contribution < -0.4 is 10.4 Å². The Morgan fingerprint density at radius 3 is 1.86 bits per heavy atom. The minimum Gasteiger partial charge on any atom is -0.292 e. The lowest BCUT2D eigenvalue weighted by Gasteiger charge is -2.24. The molecule has 0 unspecified atom stereocenters. The zero-order chi connectivity index (χ0) is 15.0. The van der Waals surface area contributed by atoms with Crippen LogP contribution in [0.15, 0.2) is 60.7 Å². The Hall–Kier alpha value is -1.82. The van der Waals surface area contributed by atoms with Gasteiger partial charge in [0.2, 0.25) is 8.80 Å². The Morgan fingerprint density at radius 1 is 0.773 bits per heavy atom. The number of likely N-dealkylation sites (tertiary alicyclic amines) is 1. The van der Waals surface area contributed by atoms with E-state index in [0.29, 0.717) is 0 Å². The van der Waals surface area contributed by atoms with Gasteiger partial charge in [0.25, 0.3) is 0 Å². The predicted molar refractivity (Wildman–Crippen MR) is 96.0 cm³/mol. The quantitative estimate of drug-likeness (QED) is 0.621. The van der Waals surface area contributed by atoms with E-state index in [-0.39, 0.29) is 0 Å². The lowest BCUT2D eigenvalue weighted by Crippen LogP contribution is -2.41. The maximum absolute atomic E-state index is 3.61. The van der Waals surface area contributed by atoms with Crippen molar-refractivity contribution in [2.45, 2.75) is 19.3 Å². The van der Waals surface area contributed by atoms with Gasteiger partial charge in [-0.1, -0.05) is 73.0 Å². The van der Waals surface area contributed by atoms with Crippen LogP contribution in [-0.2, 0) is 0 Å². The summed E-state index contributed by atoms with van der Waals surface area (Å²) in [5.74, 6) is 3.47. The fourth-order valence-electron chi connectivity index (χ4n) is 2.88. The number of piperidine rings is 1. The van der Waals surface area contributed by atoms with E-state index >= 15 is 0 Å². The van der Waals surface area contributed by atoms with Gasteiger partial charge in [-0.3, -0.25) is 4.90 Å². The third kappa shape index (κ3) is 4.10. The second kappa shape index (κ2) is 7.98. The van der Waals surface area contributed by atoms with Crippen LogP contribution in [-0.4, -0.2) is 33.3 Å². The van der Waals surface area contributed by atoms with E-state index in [4.69, 9.17) is 0 Å². The van der Waals surface area contributed by atoms with Crippen molar-refractivity contribution >= 4 is 19.2 Å². The summed E-state index contributed by atoms with van der Waals surface area (Å²) in [6.45, 7) is 3.36. The molecular weight excluding hydrogens is 282 g/mol. The topological polar surface area (TPSA) is 3.24 Å². The lowest BCUT2D eigenvalue weighted by atomic mass is 10.1. The second-order valence-corrected chi connectivity index (χ2v) is 7.90. The van der Waals surface area contributed by atoms with Crippen molar-refractivity contribution in [2.24, 2.45) is 0 Å². The molecule has 0 atom stereocenters. The molecule has 22 heavy (non-hydrogen) atoms. The van der Waals surface area contributed by atoms with Crippen molar-refractivity contribution < 1.29 is 0 Å². The molecule has 111 valence electrons. The van der Waals surface area contributed by atoms with Gasteiger partial charge in [-0.2, -0.15) is 0 Å². The lowest BCUT2D eigenvalue weighted by molar-refractivity contribution is 0.255. The van der Waals surface area contributed by atoms with Crippen molar-refractivity contribution in [3.63, 3.8) is 0 Å². The highest BCUT2D eigenvalue weighted by Crippen LogP contribution is 2.07. The van der Waals surface area contributed by atoms with Crippen molar-refractivity contribution in [3.05, 3.63) is 60.7 Å². The minimum atomic E-state index is -0.988. The molecule has 0 spiro atoms. The first-order valence-corrected chi connectivity index (χ1v) is 9.62. The molecule has 1 aliphatic rings. The largest absolute Gasteiger partial charge is 0.292 e. The van der Waals surface area contributed by atoms with Crippen molar-refractivity contribution in [3.8, 4) is 11.5 Å². The summed E-state index contributed by atoms with van der Waals surface area (Å²) in [7, 11) is -0.988. The van der Waals surface area contributed by atoms with Crippen LogP contribution in [0.3, 0.4) is 0 Å². The van der Waals surface area contributed by atoms with Crippen LogP contribution in [0, 0.1) is 11.5 Å². The summed E-state index contributed by atoms with van der Waals surface area (Å²) in [5.41, 5.74) is 3.61. The van der Waals surface area contributed by atoms with E-state index in [9.17, 15) is 0 Å². The van der Waals surface area contributed by atoms with E-state index in [1.54, 1.807) is 0 Å². The average Bonchev–Trinajstić information content (AvgIpc) is 2.61. The highest BCUT2D eigenvalue weighted by molar-refractivity contribution is 6.91. The molecule has 1 radical (unpaired) electrons. The molecular formula is C20H22NSi. The molecule has 1 fully saturated rings. The number of nitrogens with zero attached hydrogens (tertiary/aromatic N) is 1. The molecule has 2 aromatic rings. The zero-order valence-electron chi connectivity index (χ0n) is 13.0. The van der Waals surface area contributed by atoms with Gasteiger partial charge in [0.1, 0.15) is 0 Å². The molecule has 1 aliphatic heterocycles. The molecule has 0 aliphatic carbocycles. The van der Waals surface area contributed by atoms with Gasteiger partial charge in [-0.15, -0.1) is 5.54 Å². The molecule has 0 bridgehead atoms. The molecule has 0 N–H and O–H groups in total. The smallest absolute Gasteiger partial charge is 0.213 e. The van der Waals surface area contributed by atoms with E-state index in [1.807, 2.05) is 0 Å². The Labute approximate surface area is 135 Å². The Morgan fingerprint density at radius 2 is 1.32 bits per heavy atom. The van der Waals surface area contributed by atoms with Crippen LogP contribution in [0.5, 0.6) is 0 Å². The van der Waals surface area contributed by atoms with Crippen LogP contribution in [0.25, 0.3) is 0 Å². The van der Waals surface area contributed by atoms with Crippen LogP contribution in [0.4, 0.5) is 0 Å². The molecule has 2 aromatic carbocycles. The summed E-state index contributed by atoms with van der Waals surface area (Å²) >= 11 is 0. The third-order valence-electron chi connectivity index (χ3n) is 4.09. The molecule has 1 nitrogen and oxygen atoms in total. The van der Waals surface area contributed by atoms with E-state index in [1.165, 1.54) is 42.7 Å². The second-order valence-electron chi connectivity index (χ2n) is 5.75. The average molecular weight is 304 g/mol. The van der Waals surface area contributed by atoms with Gasteiger partial charge in [0.05, 0.1) is 6.54 Å². The van der Waals surface area contributed by atoms with Crippen LogP contribution >= 0.6 is 0 Å². The Bertz CT molecular complexity index is 582. The first-order valence-electron chi connectivity index (χ1n) is 8.12. The maximum atomic E-state index is 3.61. The van der Waals surface area contributed by atoms with Crippen LogP contribution in [0.2, 0.25) is 0 Å².